The predicted molar refractivity (Wildman–Crippen MR) is 92.1 cm³/mol. The number of anilines is 2. The summed E-state index contributed by atoms with van der Waals surface area (Å²) < 4.78 is 15.4. The Balaban J connectivity index is 2.42. The minimum Gasteiger partial charge on any atom is -0.389 e. The van der Waals surface area contributed by atoms with Crippen LogP contribution < -0.4 is 11.1 Å². The van der Waals surface area contributed by atoms with Crippen LogP contribution in [-0.2, 0) is 0 Å². The number of hydrogen-bond donors (Lipinski definition) is 2. The molecule has 0 saturated carbocycles. The van der Waals surface area contributed by atoms with Crippen molar-refractivity contribution in [1.29, 1.82) is 0 Å². The van der Waals surface area contributed by atoms with Gasteiger partial charge in [-0.3, -0.25) is 0 Å². The summed E-state index contributed by atoms with van der Waals surface area (Å²) in [4.78, 5) is 0.152. The first-order valence-electron chi connectivity index (χ1n) is 5.71. The predicted octanol–water partition coefficient (Wildman–Crippen LogP) is 5.04. The molecule has 0 saturated heterocycles. The van der Waals surface area contributed by atoms with Crippen LogP contribution in [0.2, 0.25) is 0 Å². The van der Waals surface area contributed by atoms with Gasteiger partial charge in [0.1, 0.15) is 4.99 Å². The molecule has 0 fully saturated rings. The third-order valence-electron chi connectivity index (χ3n) is 2.74. The van der Waals surface area contributed by atoms with Crippen molar-refractivity contribution < 1.29 is 4.39 Å². The topological polar surface area (TPSA) is 38.0 Å². The number of nitrogens with two attached hydrogens (primary N) is 1. The second-order valence-corrected chi connectivity index (χ2v) is 6.35. The van der Waals surface area contributed by atoms with Crippen LogP contribution in [0.3, 0.4) is 0 Å². The van der Waals surface area contributed by atoms with Gasteiger partial charge in [0.2, 0.25) is 0 Å². The van der Waals surface area contributed by atoms with E-state index in [4.69, 9.17) is 18.0 Å². The highest BCUT2D eigenvalue weighted by molar-refractivity contribution is 9.11. The van der Waals surface area contributed by atoms with E-state index in [9.17, 15) is 4.39 Å². The fourth-order valence-corrected chi connectivity index (χ4v) is 2.92. The molecule has 2 nitrogen and oxygen atoms in total. The number of nitrogens with one attached hydrogen (secondary N) is 1. The smallest absolute Gasteiger partial charge is 0.161 e. The molecule has 0 aliphatic carbocycles. The van der Waals surface area contributed by atoms with Gasteiger partial charge in [0.25, 0.3) is 0 Å². The van der Waals surface area contributed by atoms with E-state index in [0.29, 0.717) is 11.3 Å². The van der Waals surface area contributed by atoms with Gasteiger partial charge in [0.15, 0.2) is 5.82 Å². The number of benzene rings is 2. The highest BCUT2D eigenvalue weighted by Crippen LogP contribution is 2.32. The summed E-state index contributed by atoms with van der Waals surface area (Å²) in [7, 11) is 0. The van der Waals surface area contributed by atoms with E-state index in [0.717, 1.165) is 15.7 Å². The minimum atomic E-state index is -0.427. The molecule has 3 N–H and O–H groups in total. The summed E-state index contributed by atoms with van der Waals surface area (Å²) in [6.45, 7) is 1.97. The van der Waals surface area contributed by atoms with Gasteiger partial charge < -0.3 is 11.1 Å². The first kappa shape index (κ1) is 15.4. The summed E-state index contributed by atoms with van der Waals surface area (Å²) in [5.41, 5.74) is 8.23. The lowest BCUT2D eigenvalue weighted by Crippen LogP contribution is -2.11. The summed E-state index contributed by atoms with van der Waals surface area (Å²) in [5.74, 6) is -0.427. The van der Waals surface area contributed by atoms with Crippen molar-refractivity contribution in [3.05, 3.63) is 56.2 Å². The Bertz CT molecular complexity index is 689. The second-order valence-electron chi connectivity index (χ2n) is 4.26. The van der Waals surface area contributed by atoms with E-state index >= 15 is 0 Å². The molecule has 6 heteroatoms. The molecule has 0 aliphatic heterocycles. The Kier molecular flexibility index (Phi) is 4.78. The van der Waals surface area contributed by atoms with E-state index in [1.807, 2.05) is 25.1 Å². The summed E-state index contributed by atoms with van der Waals surface area (Å²) in [6, 6.07) is 9.11. The molecule has 0 radical (unpaired) electrons. The van der Waals surface area contributed by atoms with Gasteiger partial charge in [-0.1, -0.05) is 18.3 Å². The lowest BCUT2D eigenvalue weighted by atomic mass is 10.1. The zero-order chi connectivity index (χ0) is 14.9. The van der Waals surface area contributed by atoms with Crippen molar-refractivity contribution in [3.8, 4) is 0 Å². The number of aryl methyl sites for hydroxylation is 1. The quantitative estimate of drug-likeness (QED) is 0.687. The third kappa shape index (κ3) is 3.19. The molecule has 20 heavy (non-hydrogen) atoms. The lowest BCUT2D eigenvalue weighted by Gasteiger charge is -2.13. The van der Waals surface area contributed by atoms with Crippen molar-refractivity contribution >= 4 is 60.4 Å². The molecule has 0 aromatic heterocycles. The lowest BCUT2D eigenvalue weighted by molar-refractivity contribution is 0.625. The normalized spacial score (nSPS) is 10.4. The Morgan fingerprint density at radius 3 is 2.55 bits per heavy atom. The molecular formula is C14H11Br2FN2S. The standard InChI is InChI=1S/C14H11Br2FN2S/c1-7-2-4-9(15)11(6-7)19-10-5-3-8(14(18)20)12(16)13(10)17/h2-6,19H,1H3,(H2,18,20). The molecule has 0 amide bonds. The SMILES string of the molecule is Cc1ccc(Br)c(Nc2ccc(C(N)=S)c(Br)c2F)c1. The van der Waals surface area contributed by atoms with Gasteiger partial charge in [-0.25, -0.2) is 4.39 Å². The van der Waals surface area contributed by atoms with Crippen molar-refractivity contribution in [2.45, 2.75) is 6.92 Å². The van der Waals surface area contributed by atoms with Gasteiger partial charge in [-0.2, -0.15) is 0 Å². The average molecular weight is 418 g/mol. The number of thiocarbonyl (C=S) groups is 1. The monoisotopic (exact) mass is 416 g/mol. The largest absolute Gasteiger partial charge is 0.389 e. The van der Waals surface area contributed by atoms with Crippen molar-refractivity contribution in [1.82, 2.24) is 0 Å². The Labute approximate surface area is 138 Å². The molecular weight excluding hydrogens is 407 g/mol. The van der Waals surface area contributed by atoms with Crippen LogP contribution >= 0.6 is 44.1 Å². The molecule has 2 rings (SSSR count). The number of hydrogen-bond acceptors (Lipinski definition) is 2. The maximum absolute atomic E-state index is 14.3. The average Bonchev–Trinajstić information content (AvgIpc) is 2.39. The van der Waals surface area contributed by atoms with Crippen LogP contribution in [0, 0.1) is 12.7 Å². The van der Waals surface area contributed by atoms with E-state index in [1.165, 1.54) is 0 Å². The first-order valence-corrected chi connectivity index (χ1v) is 7.70. The van der Waals surface area contributed by atoms with Gasteiger partial charge in [-0.15, -0.1) is 0 Å². The molecule has 2 aromatic carbocycles. The Hall–Kier alpha value is -0.980. The Morgan fingerprint density at radius 1 is 1.20 bits per heavy atom. The third-order valence-corrected chi connectivity index (χ3v) is 4.43. The number of rotatable bonds is 3. The van der Waals surface area contributed by atoms with Gasteiger partial charge >= 0.3 is 0 Å². The van der Waals surface area contributed by atoms with Crippen LogP contribution in [0.25, 0.3) is 0 Å². The zero-order valence-electron chi connectivity index (χ0n) is 10.5. The van der Waals surface area contributed by atoms with E-state index < -0.39 is 5.82 Å². The maximum atomic E-state index is 14.3. The zero-order valence-corrected chi connectivity index (χ0v) is 14.5. The highest BCUT2D eigenvalue weighted by Gasteiger charge is 2.13. The van der Waals surface area contributed by atoms with Gasteiger partial charge in [-0.05, 0) is 68.6 Å². The number of halogens is 3. The van der Waals surface area contributed by atoms with Gasteiger partial charge in [0.05, 0.1) is 15.8 Å². The van der Waals surface area contributed by atoms with Crippen LogP contribution in [0.4, 0.5) is 15.8 Å². The fourth-order valence-electron chi connectivity index (χ4n) is 1.72. The van der Waals surface area contributed by atoms with E-state index in [1.54, 1.807) is 12.1 Å². The van der Waals surface area contributed by atoms with Crippen LogP contribution in [0.5, 0.6) is 0 Å². The molecule has 0 spiro atoms. The van der Waals surface area contributed by atoms with E-state index in [-0.39, 0.29) is 9.46 Å². The molecule has 2 aromatic rings. The van der Waals surface area contributed by atoms with E-state index in [2.05, 4.69) is 37.2 Å². The maximum Gasteiger partial charge on any atom is 0.161 e. The van der Waals surface area contributed by atoms with Crippen LogP contribution in [0.1, 0.15) is 11.1 Å². The van der Waals surface area contributed by atoms with Crippen molar-refractivity contribution in [2.75, 3.05) is 5.32 Å². The van der Waals surface area contributed by atoms with Crippen molar-refractivity contribution in [2.24, 2.45) is 5.73 Å². The summed E-state index contributed by atoms with van der Waals surface area (Å²) >= 11 is 11.5. The van der Waals surface area contributed by atoms with Crippen LogP contribution in [-0.4, -0.2) is 4.99 Å². The second kappa shape index (κ2) is 6.20. The molecule has 0 unspecified atom stereocenters. The molecule has 0 heterocycles. The first-order chi connectivity index (χ1) is 9.40. The summed E-state index contributed by atoms with van der Waals surface area (Å²) in [5, 5.41) is 3.05. The van der Waals surface area contributed by atoms with Crippen molar-refractivity contribution in [3.63, 3.8) is 0 Å². The Morgan fingerprint density at radius 2 is 1.90 bits per heavy atom. The summed E-state index contributed by atoms with van der Waals surface area (Å²) in [6.07, 6.45) is 0. The minimum absolute atomic E-state index is 0.152. The molecule has 0 atom stereocenters. The van der Waals surface area contributed by atoms with Gasteiger partial charge in [0, 0.05) is 10.0 Å². The molecule has 0 aliphatic rings. The highest BCUT2D eigenvalue weighted by atomic mass is 79.9. The fraction of sp³-hybridized carbons (Fsp3) is 0.0714. The van der Waals surface area contributed by atoms with Crippen LogP contribution in [0.15, 0.2) is 39.3 Å². The molecule has 104 valence electrons. The molecule has 0 bridgehead atoms.